The highest BCUT2D eigenvalue weighted by Crippen LogP contribution is 2.45. The summed E-state index contributed by atoms with van der Waals surface area (Å²) in [6, 6.07) is 1.81. The van der Waals surface area contributed by atoms with E-state index in [1.165, 1.54) is 0 Å². The largest absolute Gasteiger partial charge is 0.481 e. The van der Waals surface area contributed by atoms with Crippen LogP contribution in [0.4, 0.5) is 0 Å². The molecule has 3 rings (SSSR count). The van der Waals surface area contributed by atoms with E-state index in [1.807, 2.05) is 52.3 Å². The van der Waals surface area contributed by atoms with Crippen LogP contribution in [0.15, 0.2) is 6.07 Å². The number of hydrogen-bond acceptors (Lipinski definition) is 4. The Bertz CT molecular complexity index is 917. The molecule has 0 unspecified atom stereocenters. The lowest BCUT2D eigenvalue weighted by Crippen LogP contribution is -2.34. The molecule has 0 atom stereocenters. The number of nitrogens with zero attached hydrogens (tertiary/aromatic N) is 3. The van der Waals surface area contributed by atoms with Crippen molar-refractivity contribution < 1.29 is 14.7 Å². The molecule has 0 radical (unpaired) electrons. The van der Waals surface area contributed by atoms with E-state index in [4.69, 9.17) is 4.98 Å². The summed E-state index contributed by atoms with van der Waals surface area (Å²) in [5, 5.41) is 17.5. The van der Waals surface area contributed by atoms with Crippen LogP contribution >= 0.6 is 0 Å². The van der Waals surface area contributed by atoms with Crippen molar-refractivity contribution in [3.8, 4) is 0 Å². The van der Waals surface area contributed by atoms with Gasteiger partial charge >= 0.3 is 5.97 Å². The summed E-state index contributed by atoms with van der Waals surface area (Å²) >= 11 is 0. The van der Waals surface area contributed by atoms with Crippen molar-refractivity contribution in [2.45, 2.75) is 65.8 Å². The number of amides is 1. The lowest BCUT2D eigenvalue weighted by molar-refractivity contribution is -0.143. The molecule has 0 spiro atoms. The van der Waals surface area contributed by atoms with Crippen LogP contribution in [-0.2, 0) is 10.3 Å². The number of aliphatic carboxylic acids is 1. The molecule has 0 aromatic carbocycles. The van der Waals surface area contributed by atoms with Gasteiger partial charge in [0.2, 0.25) is 0 Å². The third kappa shape index (κ3) is 3.42. The van der Waals surface area contributed by atoms with Gasteiger partial charge in [0.25, 0.3) is 5.91 Å². The summed E-state index contributed by atoms with van der Waals surface area (Å²) in [6.45, 7) is 12.2. The van der Waals surface area contributed by atoms with E-state index in [0.717, 1.165) is 16.8 Å². The molecule has 1 aliphatic rings. The molecule has 1 fully saturated rings. The van der Waals surface area contributed by atoms with Gasteiger partial charge in [0.1, 0.15) is 0 Å². The zero-order valence-corrected chi connectivity index (χ0v) is 16.9. The molecule has 0 saturated heterocycles. The number of carboxylic acid groups (broad SMARTS) is 1. The molecule has 2 N–H and O–H groups in total. The second-order valence-electron chi connectivity index (χ2n) is 8.88. The molecule has 7 nitrogen and oxygen atoms in total. The highest BCUT2D eigenvalue weighted by molar-refractivity contribution is 6.06. The van der Waals surface area contributed by atoms with E-state index < -0.39 is 11.4 Å². The monoisotopic (exact) mass is 372 g/mol. The van der Waals surface area contributed by atoms with E-state index in [1.54, 1.807) is 0 Å². The molecular weight excluding hydrogens is 344 g/mol. The highest BCUT2D eigenvalue weighted by Gasteiger charge is 2.50. The Hall–Kier alpha value is -2.44. The molecule has 7 heteroatoms. The van der Waals surface area contributed by atoms with E-state index in [9.17, 15) is 14.7 Å². The fraction of sp³-hybridized carbons (Fsp3) is 0.600. The fourth-order valence-electron chi connectivity index (χ4n) is 3.21. The number of carboxylic acids is 1. The van der Waals surface area contributed by atoms with Gasteiger partial charge in [0.15, 0.2) is 5.65 Å². The number of pyridine rings is 1. The maximum Gasteiger partial charge on any atom is 0.311 e. The third-order valence-corrected chi connectivity index (χ3v) is 5.20. The highest BCUT2D eigenvalue weighted by atomic mass is 16.4. The van der Waals surface area contributed by atoms with Crippen molar-refractivity contribution in [1.29, 1.82) is 0 Å². The van der Waals surface area contributed by atoms with Gasteiger partial charge in [0.05, 0.1) is 27.6 Å². The first kappa shape index (κ1) is 19.3. The number of aryl methyl sites for hydroxylation is 1. The summed E-state index contributed by atoms with van der Waals surface area (Å²) in [5.74, 6) is -0.964. The Balaban J connectivity index is 2.07. The van der Waals surface area contributed by atoms with Crippen LogP contribution < -0.4 is 5.32 Å². The first-order chi connectivity index (χ1) is 12.5. The van der Waals surface area contributed by atoms with Crippen LogP contribution in [0.1, 0.15) is 75.1 Å². The molecular formula is C20H28N4O3. The van der Waals surface area contributed by atoms with Crippen LogP contribution in [0.3, 0.4) is 0 Å². The summed E-state index contributed by atoms with van der Waals surface area (Å²) in [5.41, 5.74) is 1.69. The number of carbonyl (C=O) groups excluding carboxylic acids is 1. The topological polar surface area (TPSA) is 97.1 Å². The van der Waals surface area contributed by atoms with Gasteiger partial charge in [-0.25, -0.2) is 9.67 Å². The molecule has 0 aliphatic heterocycles. The second-order valence-corrected chi connectivity index (χ2v) is 8.88. The Morgan fingerprint density at radius 2 is 1.96 bits per heavy atom. The number of carbonyl (C=O) groups is 2. The first-order valence-electron chi connectivity index (χ1n) is 9.38. The summed E-state index contributed by atoms with van der Waals surface area (Å²) < 4.78 is 1.86. The van der Waals surface area contributed by atoms with E-state index in [2.05, 4.69) is 10.4 Å². The lowest BCUT2D eigenvalue weighted by atomic mass is 10.0. The molecule has 1 saturated carbocycles. The molecule has 146 valence electrons. The van der Waals surface area contributed by atoms with Crippen LogP contribution in [0.5, 0.6) is 0 Å². The van der Waals surface area contributed by atoms with E-state index in [0.29, 0.717) is 24.1 Å². The van der Waals surface area contributed by atoms with E-state index in [-0.39, 0.29) is 23.9 Å². The molecule has 2 heterocycles. The summed E-state index contributed by atoms with van der Waals surface area (Å²) in [6.07, 6.45) is 1.21. The number of hydrogen-bond donors (Lipinski definition) is 2. The predicted octanol–water partition coefficient (Wildman–Crippen LogP) is 3.21. The molecule has 0 bridgehead atoms. The Morgan fingerprint density at radius 3 is 2.44 bits per heavy atom. The van der Waals surface area contributed by atoms with Crippen molar-refractivity contribution in [3.05, 3.63) is 23.0 Å². The normalized spacial score (nSPS) is 16.0. The summed E-state index contributed by atoms with van der Waals surface area (Å²) in [4.78, 5) is 29.1. The zero-order valence-electron chi connectivity index (χ0n) is 16.9. The number of rotatable bonds is 5. The minimum absolute atomic E-state index is 0.147. The van der Waals surface area contributed by atoms with Crippen LogP contribution in [-0.4, -0.2) is 38.3 Å². The van der Waals surface area contributed by atoms with Crippen molar-refractivity contribution in [2.75, 3.05) is 6.54 Å². The molecule has 27 heavy (non-hydrogen) atoms. The van der Waals surface area contributed by atoms with Crippen molar-refractivity contribution in [3.63, 3.8) is 0 Å². The molecule has 1 amide bonds. The Morgan fingerprint density at radius 1 is 1.33 bits per heavy atom. The van der Waals surface area contributed by atoms with Crippen LogP contribution in [0.2, 0.25) is 0 Å². The quantitative estimate of drug-likeness (QED) is 0.840. The average Bonchev–Trinajstić information content (AvgIpc) is 3.29. The molecule has 1 aliphatic carbocycles. The SMILES string of the molecule is Cc1nn(C(C)(C)C)c2nc(C(C)C)cc(C(=O)NCC3(C(=O)O)CC3)c12. The zero-order chi connectivity index (χ0) is 20.1. The average molecular weight is 372 g/mol. The number of nitrogens with one attached hydrogen (secondary N) is 1. The predicted molar refractivity (Wildman–Crippen MR) is 103 cm³/mol. The Labute approximate surface area is 159 Å². The minimum Gasteiger partial charge on any atom is -0.481 e. The van der Waals surface area contributed by atoms with Crippen molar-refractivity contribution in [1.82, 2.24) is 20.1 Å². The third-order valence-electron chi connectivity index (χ3n) is 5.20. The van der Waals surface area contributed by atoms with Gasteiger partial charge in [-0.3, -0.25) is 9.59 Å². The summed E-state index contributed by atoms with van der Waals surface area (Å²) in [7, 11) is 0. The second kappa shape index (κ2) is 6.32. The van der Waals surface area contributed by atoms with Gasteiger partial charge in [-0.1, -0.05) is 13.8 Å². The molecule has 2 aromatic rings. The Kier molecular flexibility index (Phi) is 4.52. The maximum atomic E-state index is 13.0. The van der Waals surface area contributed by atoms with Gasteiger partial charge in [-0.15, -0.1) is 0 Å². The van der Waals surface area contributed by atoms with Gasteiger partial charge < -0.3 is 10.4 Å². The standard InChI is InChI=1S/C20H28N4O3/c1-11(2)14-9-13(17(25)21-10-20(7-8-20)18(26)27)15-12(3)23-24(16(15)22-14)19(4,5)6/h9,11H,7-8,10H2,1-6H3,(H,21,25)(H,26,27). The number of aromatic nitrogens is 3. The maximum absolute atomic E-state index is 13.0. The molecule has 2 aromatic heterocycles. The number of fused-ring (bicyclic) bond motifs is 1. The van der Waals surface area contributed by atoms with Crippen LogP contribution in [0, 0.1) is 12.3 Å². The van der Waals surface area contributed by atoms with Gasteiger partial charge in [-0.05, 0) is 52.5 Å². The fourth-order valence-corrected chi connectivity index (χ4v) is 3.21. The van der Waals surface area contributed by atoms with Gasteiger partial charge in [0, 0.05) is 12.2 Å². The van der Waals surface area contributed by atoms with E-state index >= 15 is 0 Å². The minimum atomic E-state index is -0.845. The van der Waals surface area contributed by atoms with Gasteiger partial charge in [-0.2, -0.15) is 5.10 Å². The smallest absolute Gasteiger partial charge is 0.311 e. The van der Waals surface area contributed by atoms with Crippen LogP contribution in [0.25, 0.3) is 11.0 Å². The lowest BCUT2D eigenvalue weighted by Gasteiger charge is -2.20. The first-order valence-corrected chi connectivity index (χ1v) is 9.38. The van der Waals surface area contributed by atoms with Crippen molar-refractivity contribution >= 4 is 22.9 Å². The van der Waals surface area contributed by atoms with Crippen molar-refractivity contribution in [2.24, 2.45) is 5.41 Å².